The van der Waals surface area contributed by atoms with Crippen LogP contribution in [0.1, 0.15) is 19.6 Å². The lowest BCUT2D eigenvalue weighted by molar-refractivity contribution is 0.370. The minimum absolute atomic E-state index is 0.583. The Labute approximate surface area is 89.1 Å². The van der Waals surface area contributed by atoms with Gasteiger partial charge in [0.15, 0.2) is 0 Å². The average molecular weight is 202 g/mol. The number of nitrogens with zero attached hydrogens (tertiary/aromatic N) is 2. The summed E-state index contributed by atoms with van der Waals surface area (Å²) in [5, 5.41) is 4.02. The van der Waals surface area contributed by atoms with Crippen LogP contribution in [0.4, 0.5) is 0 Å². The summed E-state index contributed by atoms with van der Waals surface area (Å²) in [5.74, 6) is 1.52. The predicted molar refractivity (Wildman–Crippen MR) is 58.3 cm³/mol. The van der Waals surface area contributed by atoms with Crippen LogP contribution in [-0.2, 0) is 6.42 Å². The summed E-state index contributed by atoms with van der Waals surface area (Å²) in [6.45, 7) is 4.32. The van der Waals surface area contributed by atoms with Crippen LogP contribution in [0.15, 0.2) is 35.1 Å². The van der Waals surface area contributed by atoms with Crippen molar-refractivity contribution in [2.24, 2.45) is 5.92 Å². The van der Waals surface area contributed by atoms with Crippen LogP contribution in [-0.4, -0.2) is 10.1 Å². The van der Waals surface area contributed by atoms with E-state index < -0.39 is 0 Å². The summed E-state index contributed by atoms with van der Waals surface area (Å²) in [6, 6.07) is 5.85. The first-order chi connectivity index (χ1) is 7.25. The largest absolute Gasteiger partial charge is 0.361 e. The molecule has 0 aliphatic rings. The Bertz CT molecular complexity index is 420. The molecule has 3 heteroatoms. The third-order valence-corrected chi connectivity index (χ3v) is 2.13. The minimum Gasteiger partial charge on any atom is -0.361 e. The molecule has 15 heavy (non-hydrogen) atoms. The number of hydrogen-bond donors (Lipinski definition) is 0. The second-order valence-electron chi connectivity index (χ2n) is 4.02. The minimum atomic E-state index is 0.583. The highest BCUT2D eigenvalue weighted by atomic mass is 16.5. The fourth-order valence-corrected chi connectivity index (χ4v) is 1.46. The third-order valence-electron chi connectivity index (χ3n) is 2.13. The molecule has 0 radical (unpaired) electrons. The van der Waals surface area contributed by atoms with Gasteiger partial charge in [-0.15, -0.1) is 0 Å². The average Bonchev–Trinajstić information content (AvgIpc) is 2.67. The molecule has 0 aliphatic carbocycles. The highest BCUT2D eigenvalue weighted by Crippen LogP contribution is 2.19. The third kappa shape index (κ3) is 2.43. The lowest BCUT2D eigenvalue weighted by atomic mass is 10.1. The smallest absolute Gasteiger partial charge is 0.137 e. The van der Waals surface area contributed by atoms with E-state index >= 15 is 0 Å². The maximum absolute atomic E-state index is 5.25. The maximum Gasteiger partial charge on any atom is 0.137 e. The van der Waals surface area contributed by atoms with Crippen molar-refractivity contribution < 1.29 is 4.52 Å². The fourth-order valence-electron chi connectivity index (χ4n) is 1.46. The molecule has 0 saturated heterocycles. The summed E-state index contributed by atoms with van der Waals surface area (Å²) < 4.78 is 5.25. The van der Waals surface area contributed by atoms with Gasteiger partial charge >= 0.3 is 0 Å². The quantitative estimate of drug-likeness (QED) is 0.768. The van der Waals surface area contributed by atoms with Gasteiger partial charge in [-0.1, -0.05) is 19.0 Å². The van der Waals surface area contributed by atoms with Crippen molar-refractivity contribution in [2.45, 2.75) is 20.3 Å². The molecule has 0 saturated carbocycles. The zero-order valence-electron chi connectivity index (χ0n) is 8.97. The monoisotopic (exact) mass is 202 g/mol. The second-order valence-corrected chi connectivity index (χ2v) is 4.02. The predicted octanol–water partition coefficient (Wildman–Crippen LogP) is 2.94. The van der Waals surface area contributed by atoms with Crippen LogP contribution in [0, 0.1) is 5.92 Å². The molecule has 2 heterocycles. The summed E-state index contributed by atoms with van der Waals surface area (Å²) in [7, 11) is 0. The van der Waals surface area contributed by atoms with Gasteiger partial charge in [-0.2, -0.15) is 0 Å². The number of pyridine rings is 1. The second kappa shape index (κ2) is 4.26. The Balaban J connectivity index is 2.21. The van der Waals surface area contributed by atoms with Crippen LogP contribution in [0.3, 0.4) is 0 Å². The van der Waals surface area contributed by atoms with Crippen LogP contribution in [0.5, 0.6) is 0 Å². The molecule has 3 nitrogen and oxygen atoms in total. The molecule has 2 rings (SSSR count). The van der Waals surface area contributed by atoms with E-state index in [0.29, 0.717) is 5.92 Å². The van der Waals surface area contributed by atoms with E-state index in [9.17, 15) is 0 Å². The van der Waals surface area contributed by atoms with Crippen LogP contribution >= 0.6 is 0 Å². The van der Waals surface area contributed by atoms with Crippen LogP contribution in [0.2, 0.25) is 0 Å². The van der Waals surface area contributed by atoms with Gasteiger partial charge in [0.1, 0.15) is 11.5 Å². The van der Waals surface area contributed by atoms with E-state index in [1.807, 2.05) is 18.2 Å². The van der Waals surface area contributed by atoms with Gasteiger partial charge in [-0.3, -0.25) is 4.98 Å². The maximum atomic E-state index is 5.25. The van der Waals surface area contributed by atoms with E-state index in [1.165, 1.54) is 0 Å². The number of aromatic nitrogens is 2. The molecule has 0 bridgehead atoms. The SMILES string of the molecule is CC(C)Cc1cc(-c2cccnc2)no1. The molecule has 0 unspecified atom stereocenters. The van der Waals surface area contributed by atoms with Crippen molar-refractivity contribution in [2.75, 3.05) is 0 Å². The first kappa shape index (κ1) is 9.90. The van der Waals surface area contributed by atoms with Crippen molar-refractivity contribution in [1.82, 2.24) is 10.1 Å². The molecule has 2 aromatic rings. The fraction of sp³-hybridized carbons (Fsp3) is 0.333. The molecule has 0 amide bonds. The normalized spacial score (nSPS) is 10.9. The van der Waals surface area contributed by atoms with Gasteiger partial charge in [0.05, 0.1) is 0 Å². The topological polar surface area (TPSA) is 38.9 Å². The van der Waals surface area contributed by atoms with E-state index in [1.54, 1.807) is 12.4 Å². The van der Waals surface area contributed by atoms with Crippen molar-refractivity contribution in [1.29, 1.82) is 0 Å². The van der Waals surface area contributed by atoms with E-state index in [-0.39, 0.29) is 0 Å². The molecule has 2 aromatic heterocycles. The summed E-state index contributed by atoms with van der Waals surface area (Å²) in [6.07, 6.45) is 4.46. The van der Waals surface area contributed by atoms with Gasteiger partial charge in [-0.05, 0) is 18.1 Å². The zero-order chi connectivity index (χ0) is 10.7. The van der Waals surface area contributed by atoms with E-state index in [4.69, 9.17) is 4.52 Å². The van der Waals surface area contributed by atoms with Crippen LogP contribution in [0.25, 0.3) is 11.3 Å². The molecule has 0 aromatic carbocycles. The molecule has 0 fully saturated rings. The van der Waals surface area contributed by atoms with Crippen molar-refractivity contribution in [3.05, 3.63) is 36.4 Å². The van der Waals surface area contributed by atoms with E-state index in [2.05, 4.69) is 24.0 Å². The highest BCUT2D eigenvalue weighted by molar-refractivity contribution is 5.57. The van der Waals surface area contributed by atoms with Gasteiger partial charge in [-0.25, -0.2) is 0 Å². The first-order valence-corrected chi connectivity index (χ1v) is 5.11. The summed E-state index contributed by atoms with van der Waals surface area (Å²) in [5.41, 5.74) is 1.86. The summed E-state index contributed by atoms with van der Waals surface area (Å²) >= 11 is 0. The lowest BCUT2D eigenvalue weighted by Gasteiger charge is -1.97. The van der Waals surface area contributed by atoms with Gasteiger partial charge < -0.3 is 4.52 Å². The zero-order valence-corrected chi connectivity index (χ0v) is 8.97. The Kier molecular flexibility index (Phi) is 2.81. The van der Waals surface area contributed by atoms with Gasteiger partial charge in [0, 0.05) is 30.4 Å². The Morgan fingerprint density at radius 1 is 1.40 bits per heavy atom. The van der Waals surface area contributed by atoms with Crippen molar-refractivity contribution in [3.63, 3.8) is 0 Å². The van der Waals surface area contributed by atoms with Gasteiger partial charge in [0.2, 0.25) is 0 Å². The van der Waals surface area contributed by atoms with Crippen molar-refractivity contribution in [3.8, 4) is 11.3 Å². The Morgan fingerprint density at radius 3 is 2.93 bits per heavy atom. The molecular formula is C12H14N2O. The molecule has 0 aliphatic heterocycles. The molecular weight excluding hydrogens is 188 g/mol. The Morgan fingerprint density at radius 2 is 2.27 bits per heavy atom. The van der Waals surface area contributed by atoms with Crippen molar-refractivity contribution >= 4 is 0 Å². The highest BCUT2D eigenvalue weighted by Gasteiger charge is 2.07. The van der Waals surface area contributed by atoms with Gasteiger partial charge in [0.25, 0.3) is 0 Å². The number of hydrogen-bond acceptors (Lipinski definition) is 3. The first-order valence-electron chi connectivity index (χ1n) is 5.11. The molecule has 78 valence electrons. The molecule has 0 N–H and O–H groups in total. The Hall–Kier alpha value is -1.64. The number of rotatable bonds is 3. The van der Waals surface area contributed by atoms with E-state index in [0.717, 1.165) is 23.4 Å². The molecule has 0 spiro atoms. The van der Waals surface area contributed by atoms with Crippen LogP contribution < -0.4 is 0 Å². The standard InChI is InChI=1S/C12H14N2O/c1-9(2)6-11-7-12(14-15-11)10-4-3-5-13-8-10/h3-5,7-9H,6H2,1-2H3. The summed E-state index contributed by atoms with van der Waals surface area (Å²) in [4.78, 5) is 4.05. The lowest BCUT2D eigenvalue weighted by Crippen LogP contribution is -1.90. The molecule has 0 atom stereocenters.